The Morgan fingerprint density at radius 1 is 1.21 bits per heavy atom. The Bertz CT molecular complexity index is 686. The Balaban J connectivity index is 1.71. The van der Waals surface area contributed by atoms with Gasteiger partial charge in [-0.15, -0.1) is 0 Å². The fraction of sp³-hybridized carbons (Fsp3) is 0.350. The number of ether oxygens (including phenoxy) is 1. The second kappa shape index (κ2) is 7.49. The van der Waals surface area contributed by atoms with Crippen LogP contribution in [-0.4, -0.2) is 35.7 Å². The van der Waals surface area contributed by atoms with E-state index in [-0.39, 0.29) is 11.9 Å². The zero-order chi connectivity index (χ0) is 16.9. The van der Waals surface area contributed by atoms with Crippen LogP contribution in [0.15, 0.2) is 54.6 Å². The Hall–Kier alpha value is -2.33. The molecule has 0 bridgehead atoms. The summed E-state index contributed by atoms with van der Waals surface area (Å²) in [6.07, 6.45) is 1.28. The van der Waals surface area contributed by atoms with Crippen LogP contribution in [0.3, 0.4) is 0 Å². The number of carbonyl (C=O) groups is 1. The number of aliphatic hydroxyl groups excluding tert-OH is 1. The monoisotopic (exact) mass is 325 g/mol. The molecule has 1 N–H and O–H groups in total. The molecule has 0 radical (unpaired) electrons. The largest absolute Gasteiger partial charge is 0.497 e. The number of rotatable bonds is 5. The normalized spacial score (nSPS) is 20.2. The van der Waals surface area contributed by atoms with Crippen molar-refractivity contribution in [3.05, 3.63) is 65.7 Å². The van der Waals surface area contributed by atoms with Crippen molar-refractivity contribution in [2.24, 2.45) is 0 Å². The molecule has 24 heavy (non-hydrogen) atoms. The lowest BCUT2D eigenvalue weighted by Crippen LogP contribution is -2.31. The third-order valence-corrected chi connectivity index (χ3v) is 4.55. The molecule has 0 aliphatic carbocycles. The Morgan fingerprint density at radius 3 is 2.75 bits per heavy atom. The average molecular weight is 325 g/mol. The summed E-state index contributed by atoms with van der Waals surface area (Å²) in [5.41, 5.74) is 2.17. The SMILES string of the molecule is COc1cccc([C@H]2C[C@H](O)CN2C(=O)CCc2ccccc2)c1. The van der Waals surface area contributed by atoms with Crippen molar-refractivity contribution in [1.29, 1.82) is 0 Å². The lowest BCUT2D eigenvalue weighted by molar-refractivity contribution is -0.132. The highest BCUT2D eigenvalue weighted by Crippen LogP contribution is 2.34. The van der Waals surface area contributed by atoms with Gasteiger partial charge in [-0.1, -0.05) is 42.5 Å². The van der Waals surface area contributed by atoms with Crippen molar-refractivity contribution >= 4 is 5.91 Å². The molecule has 1 aliphatic rings. The van der Waals surface area contributed by atoms with Crippen LogP contribution < -0.4 is 4.74 Å². The van der Waals surface area contributed by atoms with Crippen LogP contribution in [0.25, 0.3) is 0 Å². The maximum atomic E-state index is 12.7. The molecule has 1 saturated heterocycles. The van der Waals surface area contributed by atoms with E-state index < -0.39 is 6.10 Å². The highest BCUT2D eigenvalue weighted by atomic mass is 16.5. The summed E-state index contributed by atoms with van der Waals surface area (Å²) >= 11 is 0. The average Bonchev–Trinajstić information content (AvgIpc) is 3.02. The molecule has 1 heterocycles. The van der Waals surface area contributed by atoms with Crippen LogP contribution in [0, 0.1) is 0 Å². The van der Waals surface area contributed by atoms with Crippen LogP contribution in [0.5, 0.6) is 5.75 Å². The molecule has 1 aliphatic heterocycles. The number of aryl methyl sites for hydroxylation is 1. The van der Waals surface area contributed by atoms with Gasteiger partial charge in [0.1, 0.15) is 5.75 Å². The number of amides is 1. The van der Waals surface area contributed by atoms with Crippen molar-refractivity contribution in [3.8, 4) is 5.75 Å². The lowest BCUT2D eigenvalue weighted by Gasteiger charge is -2.25. The van der Waals surface area contributed by atoms with Crippen molar-refractivity contribution < 1.29 is 14.6 Å². The Kier molecular flexibility index (Phi) is 5.16. The van der Waals surface area contributed by atoms with Gasteiger partial charge in [0.05, 0.1) is 19.3 Å². The summed E-state index contributed by atoms with van der Waals surface area (Å²) in [6.45, 7) is 0.398. The molecule has 0 aromatic heterocycles. The number of methoxy groups -OCH3 is 1. The number of carbonyl (C=O) groups excluding carboxylic acids is 1. The number of aliphatic hydroxyl groups is 1. The smallest absolute Gasteiger partial charge is 0.223 e. The minimum absolute atomic E-state index is 0.0848. The molecule has 0 unspecified atom stereocenters. The van der Waals surface area contributed by atoms with E-state index in [9.17, 15) is 9.90 Å². The van der Waals surface area contributed by atoms with Crippen LogP contribution >= 0.6 is 0 Å². The molecule has 2 atom stereocenters. The van der Waals surface area contributed by atoms with Gasteiger partial charge in [0.2, 0.25) is 5.91 Å². The third-order valence-electron chi connectivity index (χ3n) is 4.55. The Labute approximate surface area is 142 Å². The molecular formula is C20H23NO3. The number of likely N-dealkylation sites (tertiary alicyclic amines) is 1. The van der Waals surface area contributed by atoms with Gasteiger partial charge in [0, 0.05) is 13.0 Å². The molecule has 4 nitrogen and oxygen atoms in total. The summed E-state index contributed by atoms with van der Waals surface area (Å²) in [6, 6.07) is 17.7. The molecule has 1 amide bonds. The highest BCUT2D eigenvalue weighted by molar-refractivity contribution is 5.77. The number of β-amino-alcohol motifs (C(OH)–C–C–N with tert-alkyl or cyclic N) is 1. The molecule has 2 aromatic carbocycles. The second-order valence-corrected chi connectivity index (χ2v) is 6.21. The molecule has 4 heteroatoms. The maximum Gasteiger partial charge on any atom is 0.223 e. The summed E-state index contributed by atoms with van der Waals surface area (Å²) in [4.78, 5) is 14.5. The van der Waals surface area contributed by atoms with E-state index in [0.29, 0.717) is 19.4 Å². The van der Waals surface area contributed by atoms with E-state index >= 15 is 0 Å². The summed E-state index contributed by atoms with van der Waals surface area (Å²) in [5, 5.41) is 10.1. The summed E-state index contributed by atoms with van der Waals surface area (Å²) < 4.78 is 5.28. The van der Waals surface area contributed by atoms with E-state index in [2.05, 4.69) is 0 Å². The predicted molar refractivity (Wildman–Crippen MR) is 92.8 cm³/mol. The van der Waals surface area contributed by atoms with E-state index in [4.69, 9.17) is 4.74 Å². The first-order valence-corrected chi connectivity index (χ1v) is 8.33. The number of hydrogen-bond donors (Lipinski definition) is 1. The van der Waals surface area contributed by atoms with Crippen LogP contribution in [0.4, 0.5) is 0 Å². The van der Waals surface area contributed by atoms with Gasteiger partial charge in [-0.2, -0.15) is 0 Å². The summed E-state index contributed by atoms with van der Waals surface area (Å²) in [7, 11) is 1.63. The van der Waals surface area contributed by atoms with Gasteiger partial charge in [-0.3, -0.25) is 4.79 Å². The van der Waals surface area contributed by atoms with E-state index in [1.165, 1.54) is 0 Å². The topological polar surface area (TPSA) is 49.8 Å². The van der Waals surface area contributed by atoms with E-state index in [0.717, 1.165) is 23.3 Å². The molecular weight excluding hydrogens is 302 g/mol. The van der Waals surface area contributed by atoms with Gasteiger partial charge in [-0.05, 0) is 36.1 Å². The molecule has 0 spiro atoms. The molecule has 0 saturated carbocycles. The van der Waals surface area contributed by atoms with Gasteiger partial charge < -0.3 is 14.7 Å². The van der Waals surface area contributed by atoms with Crippen molar-refractivity contribution in [3.63, 3.8) is 0 Å². The van der Waals surface area contributed by atoms with Gasteiger partial charge in [-0.25, -0.2) is 0 Å². The first kappa shape index (κ1) is 16.5. The van der Waals surface area contributed by atoms with Gasteiger partial charge >= 0.3 is 0 Å². The van der Waals surface area contributed by atoms with Crippen molar-refractivity contribution in [2.45, 2.75) is 31.4 Å². The van der Waals surface area contributed by atoms with Crippen LogP contribution in [0.1, 0.15) is 30.0 Å². The third kappa shape index (κ3) is 3.77. The van der Waals surface area contributed by atoms with E-state index in [1.54, 1.807) is 7.11 Å². The number of hydrogen-bond acceptors (Lipinski definition) is 3. The lowest BCUT2D eigenvalue weighted by atomic mass is 10.0. The first-order chi connectivity index (χ1) is 11.7. The Morgan fingerprint density at radius 2 is 2.00 bits per heavy atom. The standard InChI is InChI=1S/C20H23NO3/c1-24-18-9-5-8-16(12-18)19-13-17(22)14-21(19)20(23)11-10-15-6-3-2-4-7-15/h2-9,12,17,19,22H,10-11,13-14H2,1H3/t17-,19+/m0/s1. The summed E-state index contributed by atoms with van der Waals surface area (Å²) in [5.74, 6) is 0.855. The highest BCUT2D eigenvalue weighted by Gasteiger charge is 2.35. The van der Waals surface area contributed by atoms with Crippen molar-refractivity contribution in [1.82, 2.24) is 4.90 Å². The molecule has 3 rings (SSSR count). The van der Waals surface area contributed by atoms with Gasteiger partial charge in [0.25, 0.3) is 0 Å². The quantitative estimate of drug-likeness (QED) is 0.919. The first-order valence-electron chi connectivity index (χ1n) is 8.33. The van der Waals surface area contributed by atoms with E-state index in [1.807, 2.05) is 59.5 Å². The zero-order valence-corrected chi connectivity index (χ0v) is 13.9. The number of nitrogens with zero attached hydrogens (tertiary/aromatic N) is 1. The van der Waals surface area contributed by atoms with Gasteiger partial charge in [0.15, 0.2) is 0 Å². The zero-order valence-electron chi connectivity index (χ0n) is 13.9. The molecule has 1 fully saturated rings. The van der Waals surface area contributed by atoms with Crippen LogP contribution in [-0.2, 0) is 11.2 Å². The minimum atomic E-state index is -0.470. The van der Waals surface area contributed by atoms with Crippen molar-refractivity contribution in [2.75, 3.05) is 13.7 Å². The predicted octanol–water partition coefficient (Wildman–Crippen LogP) is 2.96. The minimum Gasteiger partial charge on any atom is -0.497 e. The fourth-order valence-corrected chi connectivity index (χ4v) is 3.29. The van der Waals surface area contributed by atoms with Crippen LogP contribution in [0.2, 0.25) is 0 Å². The molecule has 126 valence electrons. The fourth-order valence-electron chi connectivity index (χ4n) is 3.29. The maximum absolute atomic E-state index is 12.7. The second-order valence-electron chi connectivity index (χ2n) is 6.21. The number of benzene rings is 2. The molecule has 2 aromatic rings.